The van der Waals surface area contributed by atoms with Gasteiger partial charge in [0.25, 0.3) is 0 Å². The molecule has 3 atom stereocenters. The van der Waals surface area contributed by atoms with Crippen LogP contribution in [0.25, 0.3) is 0 Å². The fourth-order valence-corrected chi connectivity index (χ4v) is 7.41. The van der Waals surface area contributed by atoms with Crippen molar-refractivity contribution in [3.63, 3.8) is 0 Å². The second-order valence-corrected chi connectivity index (χ2v) is 12.8. The number of nitrogens with zero attached hydrogens (tertiary/aromatic N) is 8. The van der Waals surface area contributed by atoms with Crippen molar-refractivity contribution in [1.29, 1.82) is 0 Å². The Hall–Kier alpha value is -4.95. The van der Waals surface area contributed by atoms with Gasteiger partial charge in [-0.25, -0.2) is 9.97 Å². The van der Waals surface area contributed by atoms with Crippen LogP contribution in [-0.2, 0) is 13.1 Å². The Balaban J connectivity index is 1.49. The fourth-order valence-electron chi connectivity index (χ4n) is 7.18. The molecule has 4 aromatic heterocycles. The summed E-state index contributed by atoms with van der Waals surface area (Å²) < 4.78 is 12.3. The average Bonchev–Trinajstić information content (AvgIpc) is 3.87. The molecule has 16 heteroatoms. The van der Waals surface area contributed by atoms with E-state index in [-0.39, 0.29) is 55.1 Å². The van der Waals surface area contributed by atoms with E-state index >= 15 is 0 Å². The molecule has 7 rings (SSSR count). The van der Waals surface area contributed by atoms with E-state index in [4.69, 9.17) is 37.0 Å². The molecular weight excluding hydrogens is 663 g/mol. The number of hydrogen-bond acceptors (Lipinski definition) is 12. The molecule has 7 heterocycles. The molecule has 3 aliphatic rings. The summed E-state index contributed by atoms with van der Waals surface area (Å²) in [7, 11) is 0. The van der Waals surface area contributed by atoms with Crippen LogP contribution in [-0.4, -0.2) is 72.1 Å². The third-order valence-electron chi connectivity index (χ3n) is 9.04. The molecule has 0 saturated carbocycles. The molecule has 0 bridgehead atoms. The molecular formula is C32H30Cl2N8O6. The maximum Gasteiger partial charge on any atom is 0.325 e. The fraction of sp³-hybridized carbons (Fsp3) is 0.344. The number of halogens is 2. The van der Waals surface area contributed by atoms with Gasteiger partial charge in [0.1, 0.15) is 33.3 Å². The van der Waals surface area contributed by atoms with Crippen molar-refractivity contribution >= 4 is 29.0 Å². The number of rotatable bonds is 9. The Morgan fingerprint density at radius 1 is 0.833 bits per heavy atom. The number of aryl methyl sites for hydroxylation is 2. The summed E-state index contributed by atoms with van der Waals surface area (Å²) in [5.74, 6) is 0.199. The summed E-state index contributed by atoms with van der Waals surface area (Å²) in [6, 6.07) is 12.4. The van der Waals surface area contributed by atoms with Crippen LogP contribution in [0.1, 0.15) is 46.1 Å². The summed E-state index contributed by atoms with van der Waals surface area (Å²) in [4.78, 5) is 45.1. The van der Waals surface area contributed by atoms with Gasteiger partial charge in [-0.3, -0.25) is 25.2 Å². The highest BCUT2D eigenvalue weighted by molar-refractivity contribution is 6.29. The summed E-state index contributed by atoms with van der Waals surface area (Å²) in [5, 5.41) is 28.2. The topological polar surface area (TPSA) is 160 Å². The lowest BCUT2D eigenvalue weighted by molar-refractivity contribution is -0.573. The standard InChI is InChI=1S/C32H30Cl2N8O6/c1-19-3-7-23(47-19)27-28(41(43)44)30-38(17-21-5-9-25(33)36-15-21)13-14-40(30)29(24-8-4-20(2)48-24)32(27,42(45)46)31-35-11-12-39(31)18-22-6-10-26(34)37-16-22/h3-10,15-16,27,29H,11-14,17-18H2,1-2H3/t27-,29-,32+/m1/s1. The molecule has 0 amide bonds. The molecule has 1 saturated heterocycles. The van der Waals surface area contributed by atoms with Crippen molar-refractivity contribution in [3.05, 3.63) is 137 Å². The van der Waals surface area contributed by atoms with Crippen LogP contribution in [0, 0.1) is 34.1 Å². The number of aliphatic imine (C=N–C) groups is 1. The minimum atomic E-state index is -2.26. The Labute approximate surface area is 284 Å². The van der Waals surface area contributed by atoms with E-state index in [1.54, 1.807) is 84.6 Å². The molecule has 0 unspecified atom stereocenters. The SMILES string of the molecule is Cc1ccc([C@@H]2C([N+](=O)[O-])=C3N(Cc4ccc(Cl)nc4)CCN3[C@H](c3ccc(C)o3)[C@@]2(C2=NCCN2Cc2ccc(Cl)nc2)[N+](=O)[O-])o1. The maximum absolute atomic E-state index is 14.1. The number of amidine groups is 1. The molecule has 1 fully saturated rings. The molecule has 0 radical (unpaired) electrons. The van der Waals surface area contributed by atoms with Gasteiger partial charge in [-0.15, -0.1) is 0 Å². The molecule has 0 N–H and O–H groups in total. The molecule has 248 valence electrons. The van der Waals surface area contributed by atoms with Crippen molar-refractivity contribution in [1.82, 2.24) is 24.7 Å². The maximum atomic E-state index is 14.1. The third kappa shape index (κ3) is 5.24. The highest BCUT2D eigenvalue weighted by atomic mass is 35.5. The second kappa shape index (κ2) is 12.3. The summed E-state index contributed by atoms with van der Waals surface area (Å²) in [6.07, 6.45) is 3.21. The zero-order valence-corrected chi connectivity index (χ0v) is 27.5. The van der Waals surface area contributed by atoms with Crippen LogP contribution in [0.4, 0.5) is 0 Å². The number of furan rings is 2. The lowest BCUT2D eigenvalue weighted by Gasteiger charge is -2.46. The Morgan fingerprint density at radius 2 is 1.44 bits per heavy atom. The van der Waals surface area contributed by atoms with Gasteiger partial charge in [-0.1, -0.05) is 35.3 Å². The Bertz CT molecular complexity index is 1940. The van der Waals surface area contributed by atoms with E-state index in [0.29, 0.717) is 34.9 Å². The van der Waals surface area contributed by atoms with Gasteiger partial charge < -0.3 is 23.5 Å². The zero-order chi connectivity index (χ0) is 33.7. The molecule has 0 spiro atoms. The van der Waals surface area contributed by atoms with Crippen molar-refractivity contribution in [2.75, 3.05) is 26.2 Å². The van der Waals surface area contributed by atoms with Crippen LogP contribution in [0.15, 0.2) is 86.3 Å². The Morgan fingerprint density at radius 3 is 1.96 bits per heavy atom. The smallest absolute Gasteiger partial charge is 0.325 e. The first-order chi connectivity index (χ1) is 23.1. The number of pyridine rings is 2. The average molecular weight is 694 g/mol. The number of hydrogen-bond donors (Lipinski definition) is 0. The first kappa shape index (κ1) is 31.6. The van der Waals surface area contributed by atoms with E-state index in [1.165, 1.54) is 0 Å². The minimum absolute atomic E-state index is 0.0825. The minimum Gasteiger partial charge on any atom is -0.465 e. The third-order valence-corrected chi connectivity index (χ3v) is 9.49. The number of nitro groups is 2. The van der Waals surface area contributed by atoms with Gasteiger partial charge in [-0.2, -0.15) is 0 Å². The van der Waals surface area contributed by atoms with Crippen molar-refractivity contribution in [3.8, 4) is 0 Å². The predicted octanol–water partition coefficient (Wildman–Crippen LogP) is 5.62. The van der Waals surface area contributed by atoms with Crippen LogP contribution < -0.4 is 0 Å². The largest absolute Gasteiger partial charge is 0.465 e. The zero-order valence-electron chi connectivity index (χ0n) is 26.0. The second-order valence-electron chi connectivity index (χ2n) is 12.0. The summed E-state index contributed by atoms with van der Waals surface area (Å²) in [5.41, 5.74) is -1.10. The highest BCUT2D eigenvalue weighted by Crippen LogP contribution is 2.57. The van der Waals surface area contributed by atoms with Gasteiger partial charge in [-0.05, 0) is 61.4 Å². The van der Waals surface area contributed by atoms with E-state index in [0.717, 1.165) is 11.1 Å². The van der Waals surface area contributed by atoms with Gasteiger partial charge >= 0.3 is 11.2 Å². The predicted molar refractivity (Wildman–Crippen MR) is 174 cm³/mol. The van der Waals surface area contributed by atoms with Crippen LogP contribution >= 0.6 is 23.2 Å². The van der Waals surface area contributed by atoms with E-state index in [9.17, 15) is 20.2 Å². The van der Waals surface area contributed by atoms with E-state index in [2.05, 4.69) is 9.97 Å². The van der Waals surface area contributed by atoms with Gasteiger partial charge in [0.05, 0.1) is 11.5 Å². The molecule has 48 heavy (non-hydrogen) atoms. The van der Waals surface area contributed by atoms with Crippen molar-refractivity contribution < 1.29 is 18.7 Å². The lowest BCUT2D eigenvalue weighted by atomic mass is 9.69. The normalized spacial score (nSPS) is 22.3. The molecule has 0 aromatic carbocycles. The van der Waals surface area contributed by atoms with Gasteiger partial charge in [0.15, 0.2) is 23.6 Å². The number of aromatic nitrogens is 2. The first-order valence-electron chi connectivity index (χ1n) is 15.3. The monoisotopic (exact) mass is 692 g/mol. The quantitative estimate of drug-likeness (QED) is 0.122. The Kier molecular flexibility index (Phi) is 8.08. The molecule has 4 aromatic rings. The summed E-state index contributed by atoms with van der Waals surface area (Å²) >= 11 is 12.1. The van der Waals surface area contributed by atoms with Gasteiger partial charge in [0, 0.05) is 50.0 Å². The first-order valence-corrected chi connectivity index (χ1v) is 16.0. The van der Waals surface area contributed by atoms with Crippen molar-refractivity contribution in [2.45, 2.75) is 44.4 Å². The van der Waals surface area contributed by atoms with Crippen LogP contribution in [0.2, 0.25) is 10.3 Å². The molecule has 0 aliphatic carbocycles. The van der Waals surface area contributed by atoms with Crippen molar-refractivity contribution in [2.24, 2.45) is 4.99 Å². The lowest BCUT2D eigenvalue weighted by Crippen LogP contribution is -2.66. The van der Waals surface area contributed by atoms with Crippen LogP contribution in [0.3, 0.4) is 0 Å². The van der Waals surface area contributed by atoms with E-state index < -0.39 is 27.3 Å². The summed E-state index contributed by atoms with van der Waals surface area (Å²) in [6.45, 7) is 5.10. The van der Waals surface area contributed by atoms with E-state index in [1.807, 2.05) is 4.90 Å². The van der Waals surface area contributed by atoms with Crippen LogP contribution in [0.5, 0.6) is 0 Å². The number of fused-ring (bicyclic) bond motifs is 1. The molecule has 3 aliphatic heterocycles. The van der Waals surface area contributed by atoms with Gasteiger partial charge in [0.2, 0.25) is 0 Å². The highest BCUT2D eigenvalue weighted by Gasteiger charge is 2.75. The molecule has 14 nitrogen and oxygen atoms in total.